The van der Waals surface area contributed by atoms with Crippen molar-refractivity contribution in [2.24, 2.45) is 5.92 Å². The molecule has 0 amide bonds. The Morgan fingerprint density at radius 1 is 1.46 bits per heavy atom. The summed E-state index contributed by atoms with van der Waals surface area (Å²) < 4.78 is 0. The number of rotatable bonds is 4. The number of aromatic nitrogens is 1. The van der Waals surface area contributed by atoms with E-state index in [1.165, 1.54) is 10.6 Å². The lowest BCUT2D eigenvalue weighted by atomic mass is 10.1. The lowest BCUT2D eigenvalue weighted by molar-refractivity contribution is 0.281. The van der Waals surface area contributed by atoms with Crippen LogP contribution in [-0.4, -0.2) is 10.1 Å². The quantitative estimate of drug-likeness (QED) is 0.807. The number of nitrogens with zero attached hydrogens (tertiary/aromatic N) is 1. The Bertz CT molecular complexity index is 268. The topological polar surface area (TPSA) is 33.1 Å². The first-order valence-electron chi connectivity index (χ1n) is 4.75. The van der Waals surface area contributed by atoms with Gasteiger partial charge in [0.1, 0.15) is 5.01 Å². The highest BCUT2D eigenvalue weighted by atomic mass is 32.1. The maximum atomic E-state index is 8.95. The molecule has 0 aromatic carbocycles. The van der Waals surface area contributed by atoms with Gasteiger partial charge in [-0.3, -0.25) is 0 Å². The van der Waals surface area contributed by atoms with Gasteiger partial charge >= 0.3 is 0 Å². The molecule has 0 aliphatic rings. The van der Waals surface area contributed by atoms with E-state index < -0.39 is 0 Å². The van der Waals surface area contributed by atoms with Gasteiger partial charge in [0.25, 0.3) is 0 Å². The molecular formula is C10H17NOS. The number of hydrogen-bond donors (Lipinski definition) is 1. The Hall–Kier alpha value is -0.410. The summed E-state index contributed by atoms with van der Waals surface area (Å²) in [4.78, 5) is 5.74. The predicted molar refractivity (Wildman–Crippen MR) is 56.0 cm³/mol. The Kier molecular flexibility index (Phi) is 3.88. The van der Waals surface area contributed by atoms with Crippen LogP contribution in [0.25, 0.3) is 0 Å². The second-order valence-corrected chi connectivity index (χ2v) is 4.76. The van der Waals surface area contributed by atoms with Gasteiger partial charge < -0.3 is 5.11 Å². The molecule has 1 rings (SSSR count). The van der Waals surface area contributed by atoms with Crippen LogP contribution in [0.1, 0.15) is 36.3 Å². The highest BCUT2D eigenvalue weighted by molar-refractivity contribution is 7.11. The number of aryl methyl sites for hydroxylation is 1. The molecule has 0 aliphatic heterocycles. The van der Waals surface area contributed by atoms with Gasteiger partial charge in [0.05, 0.1) is 12.3 Å². The maximum Gasteiger partial charge on any atom is 0.119 e. The van der Waals surface area contributed by atoms with E-state index in [4.69, 9.17) is 5.11 Å². The minimum atomic E-state index is 0.0791. The summed E-state index contributed by atoms with van der Waals surface area (Å²) in [6.07, 6.45) is 2.05. The fourth-order valence-electron chi connectivity index (χ4n) is 1.33. The molecule has 0 aliphatic carbocycles. The molecular weight excluding hydrogens is 182 g/mol. The van der Waals surface area contributed by atoms with Crippen molar-refractivity contribution in [2.75, 3.05) is 0 Å². The zero-order valence-electron chi connectivity index (χ0n) is 8.50. The predicted octanol–water partition coefficient (Wildman–Crippen LogP) is 2.40. The molecule has 3 heteroatoms. The fourth-order valence-corrected chi connectivity index (χ4v) is 2.22. The van der Waals surface area contributed by atoms with Gasteiger partial charge in [-0.1, -0.05) is 20.8 Å². The molecule has 2 nitrogen and oxygen atoms in total. The third kappa shape index (κ3) is 2.78. The summed E-state index contributed by atoms with van der Waals surface area (Å²) in [5.41, 5.74) is 1.19. The summed E-state index contributed by atoms with van der Waals surface area (Å²) in [6, 6.07) is 0. The van der Waals surface area contributed by atoms with Crippen molar-refractivity contribution >= 4 is 11.3 Å². The average Bonchev–Trinajstić information content (AvgIpc) is 2.46. The molecule has 0 fully saturated rings. The number of thiazole rings is 1. The Balaban J connectivity index is 2.84. The van der Waals surface area contributed by atoms with Crippen LogP contribution in [0.15, 0.2) is 0 Å². The normalized spacial score (nSPS) is 11.2. The minimum absolute atomic E-state index is 0.0791. The van der Waals surface area contributed by atoms with Crippen LogP contribution in [0.5, 0.6) is 0 Å². The van der Waals surface area contributed by atoms with E-state index in [1.807, 2.05) is 0 Å². The van der Waals surface area contributed by atoms with Crippen LogP contribution in [-0.2, 0) is 19.4 Å². The van der Waals surface area contributed by atoms with Gasteiger partial charge in [0.2, 0.25) is 0 Å². The molecule has 13 heavy (non-hydrogen) atoms. The Labute approximate surface area is 83.6 Å². The SMILES string of the molecule is CCc1sc(CO)nc1CC(C)C. The lowest BCUT2D eigenvalue weighted by Gasteiger charge is -2.02. The summed E-state index contributed by atoms with van der Waals surface area (Å²) in [5, 5.41) is 9.81. The molecule has 0 atom stereocenters. The summed E-state index contributed by atoms with van der Waals surface area (Å²) in [5.74, 6) is 0.638. The van der Waals surface area contributed by atoms with Gasteiger partial charge in [-0.2, -0.15) is 0 Å². The monoisotopic (exact) mass is 199 g/mol. The Morgan fingerprint density at radius 2 is 2.15 bits per heavy atom. The molecule has 0 saturated carbocycles. The van der Waals surface area contributed by atoms with Crippen LogP contribution < -0.4 is 0 Å². The minimum Gasteiger partial charge on any atom is -0.389 e. The lowest BCUT2D eigenvalue weighted by Crippen LogP contribution is -1.97. The molecule has 0 unspecified atom stereocenters. The molecule has 1 aromatic rings. The first-order valence-corrected chi connectivity index (χ1v) is 5.57. The third-order valence-corrected chi connectivity index (χ3v) is 3.11. The van der Waals surface area contributed by atoms with E-state index in [1.54, 1.807) is 11.3 Å². The summed E-state index contributed by atoms with van der Waals surface area (Å²) >= 11 is 1.64. The molecule has 0 spiro atoms. The van der Waals surface area contributed by atoms with E-state index in [0.717, 1.165) is 17.8 Å². The molecule has 1 N–H and O–H groups in total. The van der Waals surface area contributed by atoms with Crippen LogP contribution in [0.2, 0.25) is 0 Å². The first kappa shape index (κ1) is 10.7. The van der Waals surface area contributed by atoms with Crippen molar-refractivity contribution in [1.82, 2.24) is 4.98 Å². The fraction of sp³-hybridized carbons (Fsp3) is 0.700. The summed E-state index contributed by atoms with van der Waals surface area (Å²) in [7, 11) is 0. The smallest absolute Gasteiger partial charge is 0.119 e. The standard InChI is InChI=1S/C10H17NOS/c1-4-9-8(5-7(2)3)11-10(6-12)13-9/h7,12H,4-6H2,1-3H3. The van der Waals surface area contributed by atoms with E-state index in [-0.39, 0.29) is 6.61 Å². The van der Waals surface area contributed by atoms with E-state index in [0.29, 0.717) is 5.92 Å². The second-order valence-electron chi connectivity index (χ2n) is 3.59. The van der Waals surface area contributed by atoms with Crippen LogP contribution >= 0.6 is 11.3 Å². The maximum absolute atomic E-state index is 8.95. The summed E-state index contributed by atoms with van der Waals surface area (Å²) in [6.45, 7) is 6.60. The molecule has 0 radical (unpaired) electrons. The van der Waals surface area contributed by atoms with Gasteiger partial charge in [-0.15, -0.1) is 11.3 Å². The van der Waals surface area contributed by atoms with E-state index >= 15 is 0 Å². The molecule has 1 heterocycles. The molecule has 0 saturated heterocycles. The van der Waals surface area contributed by atoms with E-state index in [9.17, 15) is 0 Å². The second kappa shape index (κ2) is 4.72. The molecule has 74 valence electrons. The van der Waals surface area contributed by atoms with Crippen molar-refractivity contribution in [3.63, 3.8) is 0 Å². The largest absolute Gasteiger partial charge is 0.389 e. The molecule has 1 aromatic heterocycles. The number of aliphatic hydroxyl groups excluding tert-OH is 1. The van der Waals surface area contributed by atoms with Crippen LogP contribution in [0, 0.1) is 5.92 Å². The first-order chi connectivity index (χ1) is 6.17. The van der Waals surface area contributed by atoms with Crippen molar-refractivity contribution in [1.29, 1.82) is 0 Å². The van der Waals surface area contributed by atoms with E-state index in [2.05, 4.69) is 25.8 Å². The molecule has 0 bridgehead atoms. The van der Waals surface area contributed by atoms with Crippen LogP contribution in [0.3, 0.4) is 0 Å². The van der Waals surface area contributed by atoms with Crippen molar-refractivity contribution < 1.29 is 5.11 Å². The zero-order chi connectivity index (χ0) is 9.84. The van der Waals surface area contributed by atoms with Gasteiger partial charge in [0.15, 0.2) is 0 Å². The number of aliphatic hydroxyl groups is 1. The van der Waals surface area contributed by atoms with Crippen molar-refractivity contribution in [3.05, 3.63) is 15.6 Å². The van der Waals surface area contributed by atoms with Crippen molar-refractivity contribution in [3.8, 4) is 0 Å². The number of hydrogen-bond acceptors (Lipinski definition) is 3. The van der Waals surface area contributed by atoms with Gasteiger partial charge in [-0.25, -0.2) is 4.98 Å². The third-order valence-electron chi connectivity index (χ3n) is 1.88. The van der Waals surface area contributed by atoms with Crippen LogP contribution in [0.4, 0.5) is 0 Å². The van der Waals surface area contributed by atoms with Gasteiger partial charge in [0, 0.05) is 4.88 Å². The highest BCUT2D eigenvalue weighted by Crippen LogP contribution is 2.21. The zero-order valence-corrected chi connectivity index (χ0v) is 9.32. The average molecular weight is 199 g/mol. The van der Waals surface area contributed by atoms with Crippen molar-refractivity contribution in [2.45, 2.75) is 40.2 Å². The Morgan fingerprint density at radius 3 is 2.62 bits per heavy atom. The highest BCUT2D eigenvalue weighted by Gasteiger charge is 2.10. The van der Waals surface area contributed by atoms with Gasteiger partial charge in [-0.05, 0) is 18.8 Å².